The molecule has 126 valence electrons. The number of primary amides is 1. The maximum absolute atomic E-state index is 12.3. The van der Waals surface area contributed by atoms with Gasteiger partial charge in [-0.1, -0.05) is 18.5 Å². The highest BCUT2D eigenvalue weighted by atomic mass is 35.5. The second-order valence-electron chi connectivity index (χ2n) is 4.92. The lowest BCUT2D eigenvalue weighted by Gasteiger charge is -2.21. The van der Waals surface area contributed by atoms with Crippen molar-refractivity contribution in [3.63, 3.8) is 0 Å². The van der Waals surface area contributed by atoms with Gasteiger partial charge in [0.25, 0.3) is 5.56 Å². The molecule has 1 heterocycles. The summed E-state index contributed by atoms with van der Waals surface area (Å²) >= 11 is 5.83. The number of halogens is 1. The number of carboxylic acid groups (broad SMARTS) is 1. The van der Waals surface area contributed by atoms with Gasteiger partial charge < -0.3 is 20.7 Å². The van der Waals surface area contributed by atoms with Crippen molar-refractivity contribution in [1.29, 1.82) is 0 Å². The Balaban J connectivity index is 2.94. The number of aliphatic carboxylic acids is 1. The third-order valence-electron chi connectivity index (χ3n) is 3.22. The van der Waals surface area contributed by atoms with Gasteiger partial charge in [0, 0.05) is 18.7 Å². The molecule has 0 bridgehead atoms. The average Bonchev–Trinajstić information content (AvgIpc) is 2.47. The zero-order chi connectivity index (χ0) is 17.6. The first-order chi connectivity index (χ1) is 10.8. The molecule has 0 spiro atoms. The number of amides is 2. The fourth-order valence-electron chi connectivity index (χ4n) is 2.04. The van der Waals surface area contributed by atoms with Gasteiger partial charge in [-0.3, -0.25) is 14.4 Å². The highest BCUT2D eigenvalue weighted by Gasteiger charge is 2.26. The van der Waals surface area contributed by atoms with Gasteiger partial charge in [0.05, 0.1) is 5.02 Å². The van der Waals surface area contributed by atoms with Crippen molar-refractivity contribution in [2.75, 3.05) is 0 Å². The minimum absolute atomic E-state index is 0.128. The van der Waals surface area contributed by atoms with Gasteiger partial charge in [-0.25, -0.2) is 4.79 Å². The largest absolute Gasteiger partial charge is 0.480 e. The zero-order valence-corrected chi connectivity index (χ0v) is 13.2. The van der Waals surface area contributed by atoms with Crippen LogP contribution in [-0.4, -0.2) is 33.5 Å². The highest BCUT2D eigenvalue weighted by Crippen LogP contribution is 2.13. The monoisotopic (exact) mass is 343 g/mol. The van der Waals surface area contributed by atoms with Gasteiger partial charge >= 0.3 is 5.97 Å². The van der Waals surface area contributed by atoms with Crippen molar-refractivity contribution in [3.05, 3.63) is 33.7 Å². The highest BCUT2D eigenvalue weighted by molar-refractivity contribution is 6.30. The molecule has 4 N–H and O–H groups in total. The summed E-state index contributed by atoms with van der Waals surface area (Å²) in [4.78, 5) is 46.1. The van der Waals surface area contributed by atoms with Crippen LogP contribution in [0.3, 0.4) is 0 Å². The summed E-state index contributed by atoms with van der Waals surface area (Å²) in [5, 5.41) is 11.7. The van der Waals surface area contributed by atoms with Gasteiger partial charge in [-0.15, -0.1) is 0 Å². The lowest BCUT2D eigenvalue weighted by molar-refractivity contribution is -0.142. The molecule has 2 amide bonds. The first kappa shape index (κ1) is 18.7. The number of carbonyl (C=O) groups excluding carboxylic acids is 2. The van der Waals surface area contributed by atoms with Crippen molar-refractivity contribution in [3.8, 4) is 0 Å². The lowest BCUT2D eigenvalue weighted by Crippen LogP contribution is -2.45. The van der Waals surface area contributed by atoms with Crippen molar-refractivity contribution in [2.24, 2.45) is 5.73 Å². The minimum Gasteiger partial charge on any atom is -0.480 e. The predicted molar refractivity (Wildman–Crippen MR) is 83.0 cm³/mol. The molecule has 2 atom stereocenters. The first-order valence-corrected chi connectivity index (χ1v) is 7.33. The number of nitrogens with two attached hydrogens (primary N) is 1. The fraction of sp³-hybridized carbons (Fsp3) is 0.429. The number of nitrogens with one attached hydrogen (secondary N) is 1. The normalized spacial score (nSPS) is 13.1. The van der Waals surface area contributed by atoms with Crippen LogP contribution in [0.1, 0.15) is 32.2 Å². The van der Waals surface area contributed by atoms with Crippen LogP contribution in [-0.2, 0) is 14.4 Å². The summed E-state index contributed by atoms with van der Waals surface area (Å²) in [5.74, 6) is -2.59. The Bertz CT molecular complexity index is 658. The van der Waals surface area contributed by atoms with Gasteiger partial charge in [0.15, 0.2) is 0 Å². The molecule has 0 radical (unpaired) electrons. The van der Waals surface area contributed by atoms with Crippen molar-refractivity contribution >= 4 is 29.4 Å². The van der Waals surface area contributed by atoms with Crippen LogP contribution in [0.2, 0.25) is 5.02 Å². The molecule has 0 aliphatic carbocycles. The summed E-state index contributed by atoms with van der Waals surface area (Å²) in [6.07, 6.45) is 1.27. The third kappa shape index (κ3) is 5.41. The summed E-state index contributed by atoms with van der Waals surface area (Å²) in [6.45, 7) is 1.68. The third-order valence-corrected chi connectivity index (χ3v) is 3.44. The Labute approximate surface area is 137 Å². The Morgan fingerprint density at radius 3 is 2.57 bits per heavy atom. The van der Waals surface area contributed by atoms with Gasteiger partial charge in [-0.05, 0) is 18.9 Å². The van der Waals surface area contributed by atoms with Crippen molar-refractivity contribution < 1.29 is 19.5 Å². The molecule has 0 aliphatic rings. The Hall–Kier alpha value is -2.35. The van der Waals surface area contributed by atoms with Crippen LogP contribution in [0.15, 0.2) is 23.1 Å². The topological polar surface area (TPSA) is 131 Å². The molecule has 1 rings (SSSR count). The number of rotatable bonds is 8. The maximum Gasteiger partial charge on any atom is 0.326 e. The van der Waals surface area contributed by atoms with Crippen molar-refractivity contribution in [2.45, 2.75) is 38.3 Å². The van der Waals surface area contributed by atoms with E-state index in [0.717, 1.165) is 4.57 Å². The standard InChI is InChI=1S/C14H18ClN3O5/c1-2-10(18-7-8(15)3-6-12(18)20)13(21)17-9(14(22)23)4-5-11(16)19/h3,6-7,9-10H,2,4-5H2,1H3,(H2,16,19)(H,17,21)(H,22,23). The lowest BCUT2D eigenvalue weighted by atomic mass is 10.1. The van der Waals surface area contributed by atoms with Gasteiger partial charge in [0.1, 0.15) is 12.1 Å². The van der Waals surface area contributed by atoms with E-state index in [-0.39, 0.29) is 24.3 Å². The molecule has 2 unspecified atom stereocenters. The van der Waals surface area contributed by atoms with Gasteiger partial charge in [0.2, 0.25) is 11.8 Å². The number of hydrogen-bond acceptors (Lipinski definition) is 4. The SMILES string of the molecule is CCC(C(=O)NC(CCC(N)=O)C(=O)O)n1cc(Cl)ccc1=O. The number of carboxylic acids is 1. The Morgan fingerprint density at radius 2 is 2.04 bits per heavy atom. The summed E-state index contributed by atoms with van der Waals surface area (Å²) in [5.41, 5.74) is 4.55. The molecular formula is C14H18ClN3O5. The van der Waals surface area contributed by atoms with E-state index in [1.807, 2.05) is 0 Å². The van der Waals surface area contributed by atoms with E-state index in [2.05, 4.69) is 5.32 Å². The van der Waals surface area contributed by atoms with E-state index >= 15 is 0 Å². The molecule has 1 aromatic rings. The number of hydrogen-bond donors (Lipinski definition) is 3. The maximum atomic E-state index is 12.3. The van der Waals surface area contributed by atoms with Crippen LogP contribution in [0.4, 0.5) is 0 Å². The molecule has 0 aliphatic heterocycles. The number of aromatic nitrogens is 1. The smallest absolute Gasteiger partial charge is 0.326 e. The summed E-state index contributed by atoms with van der Waals surface area (Å²) in [6, 6.07) is 0.452. The number of pyridine rings is 1. The molecule has 0 saturated carbocycles. The van der Waals surface area contributed by atoms with Gasteiger partial charge in [-0.2, -0.15) is 0 Å². The Kier molecular flexibility index (Phi) is 6.77. The predicted octanol–water partition coefficient (Wildman–Crippen LogP) is 0.288. The zero-order valence-electron chi connectivity index (χ0n) is 12.5. The van der Waals surface area contributed by atoms with Crippen LogP contribution in [0, 0.1) is 0 Å². The van der Waals surface area contributed by atoms with Crippen LogP contribution in [0.5, 0.6) is 0 Å². The van der Waals surface area contributed by atoms with Crippen LogP contribution in [0.25, 0.3) is 0 Å². The van der Waals surface area contributed by atoms with E-state index in [1.54, 1.807) is 6.92 Å². The summed E-state index contributed by atoms with van der Waals surface area (Å²) in [7, 11) is 0. The van der Waals surface area contributed by atoms with E-state index in [0.29, 0.717) is 0 Å². The Morgan fingerprint density at radius 1 is 1.39 bits per heavy atom. The number of nitrogens with zero attached hydrogens (tertiary/aromatic N) is 1. The minimum atomic E-state index is -1.28. The van der Waals surface area contributed by atoms with E-state index in [4.69, 9.17) is 22.4 Å². The van der Waals surface area contributed by atoms with E-state index < -0.39 is 35.4 Å². The van der Waals surface area contributed by atoms with Crippen LogP contribution >= 0.6 is 11.6 Å². The quantitative estimate of drug-likeness (QED) is 0.624. The summed E-state index contributed by atoms with van der Waals surface area (Å²) < 4.78 is 1.14. The molecule has 23 heavy (non-hydrogen) atoms. The molecule has 0 saturated heterocycles. The second-order valence-corrected chi connectivity index (χ2v) is 5.36. The molecule has 0 aromatic carbocycles. The molecule has 0 fully saturated rings. The average molecular weight is 344 g/mol. The van der Waals surface area contributed by atoms with E-state index in [1.165, 1.54) is 18.3 Å². The fourth-order valence-corrected chi connectivity index (χ4v) is 2.21. The first-order valence-electron chi connectivity index (χ1n) is 6.95. The molecule has 9 heteroatoms. The molecule has 8 nitrogen and oxygen atoms in total. The van der Waals surface area contributed by atoms with Crippen LogP contribution < -0.4 is 16.6 Å². The number of carbonyl (C=O) groups is 3. The second kappa shape index (κ2) is 8.33. The van der Waals surface area contributed by atoms with Crippen molar-refractivity contribution in [1.82, 2.24) is 9.88 Å². The molecular weight excluding hydrogens is 326 g/mol. The van der Waals surface area contributed by atoms with E-state index in [9.17, 15) is 19.2 Å². The molecule has 1 aromatic heterocycles.